The van der Waals surface area contributed by atoms with Crippen molar-refractivity contribution < 1.29 is 0 Å². The van der Waals surface area contributed by atoms with E-state index in [1.54, 1.807) is 0 Å². The molecule has 0 saturated heterocycles. The average molecular weight is 586 g/mol. The molecule has 1 nitrogen and oxygen atoms in total. The van der Waals surface area contributed by atoms with Crippen molar-refractivity contribution in [2.24, 2.45) is 0 Å². The van der Waals surface area contributed by atoms with Gasteiger partial charge in [-0.3, -0.25) is 0 Å². The number of aromatic nitrogens is 1. The summed E-state index contributed by atoms with van der Waals surface area (Å²) in [6.07, 6.45) is 0. The topological polar surface area (TPSA) is 4.93 Å². The van der Waals surface area contributed by atoms with Crippen LogP contribution in [0.4, 0.5) is 0 Å². The minimum atomic E-state index is -0.0831. The standard InChI is InChI=1S/C45H31N/c1-45(2)40-20-9-7-18-36(40)37-24-25-42-43(44(37)45)38-19-8-10-21-41(38)46(42)30-13-11-12-28(26-30)29-22-23-35-33-16-4-3-14-31(33)32-15-5-6-17-34(32)39(35)27-29/h3-27H,1-2H3. The number of benzene rings is 8. The fourth-order valence-corrected chi connectivity index (χ4v) is 8.52. The third-order valence-corrected chi connectivity index (χ3v) is 10.5. The zero-order chi connectivity index (χ0) is 30.6. The van der Waals surface area contributed by atoms with E-state index in [0.717, 1.165) is 0 Å². The zero-order valence-corrected chi connectivity index (χ0v) is 25.9. The molecule has 0 spiro atoms. The smallest absolute Gasteiger partial charge is 0.0544 e. The molecular weight excluding hydrogens is 555 g/mol. The predicted octanol–water partition coefficient (Wildman–Crippen LogP) is 12.2. The summed E-state index contributed by atoms with van der Waals surface area (Å²) in [7, 11) is 0. The van der Waals surface area contributed by atoms with Crippen LogP contribution in [0.5, 0.6) is 0 Å². The van der Waals surface area contributed by atoms with Crippen molar-refractivity contribution in [2.75, 3.05) is 0 Å². The van der Waals surface area contributed by atoms with Crippen LogP contribution in [0.15, 0.2) is 152 Å². The Labute approximate surface area is 268 Å². The van der Waals surface area contributed by atoms with E-state index < -0.39 is 0 Å². The maximum atomic E-state index is 2.47. The van der Waals surface area contributed by atoms with Crippen molar-refractivity contribution in [1.82, 2.24) is 4.57 Å². The van der Waals surface area contributed by atoms with Crippen LogP contribution < -0.4 is 0 Å². The molecule has 0 radical (unpaired) electrons. The Morgan fingerprint density at radius 2 is 1.02 bits per heavy atom. The Kier molecular flexibility index (Phi) is 5.12. The lowest BCUT2D eigenvalue weighted by Gasteiger charge is -2.22. The molecule has 0 saturated carbocycles. The predicted molar refractivity (Wildman–Crippen MR) is 196 cm³/mol. The van der Waals surface area contributed by atoms with E-state index in [0.29, 0.717) is 0 Å². The van der Waals surface area contributed by atoms with Crippen LogP contribution in [0.1, 0.15) is 25.0 Å². The number of nitrogens with zero attached hydrogens (tertiary/aromatic N) is 1. The maximum Gasteiger partial charge on any atom is 0.0544 e. The average Bonchev–Trinajstić information content (AvgIpc) is 3.57. The summed E-state index contributed by atoms with van der Waals surface area (Å²) in [5.74, 6) is 0. The highest BCUT2D eigenvalue weighted by Gasteiger charge is 2.37. The van der Waals surface area contributed by atoms with Gasteiger partial charge < -0.3 is 4.57 Å². The molecule has 216 valence electrons. The van der Waals surface area contributed by atoms with E-state index in [2.05, 4.69) is 170 Å². The second-order valence-corrected chi connectivity index (χ2v) is 13.3. The molecule has 0 aliphatic heterocycles. The largest absolute Gasteiger partial charge is 0.309 e. The second kappa shape index (κ2) is 9.19. The van der Waals surface area contributed by atoms with E-state index in [1.165, 1.54) is 93.2 Å². The van der Waals surface area contributed by atoms with Gasteiger partial charge in [0.25, 0.3) is 0 Å². The van der Waals surface area contributed by atoms with Crippen LogP contribution in [-0.2, 0) is 5.41 Å². The van der Waals surface area contributed by atoms with Gasteiger partial charge in [0.15, 0.2) is 0 Å². The summed E-state index contributed by atoms with van der Waals surface area (Å²) in [6, 6.07) is 56.2. The zero-order valence-electron chi connectivity index (χ0n) is 25.9. The molecule has 0 amide bonds. The third kappa shape index (κ3) is 3.35. The second-order valence-electron chi connectivity index (χ2n) is 13.3. The molecule has 1 heteroatoms. The number of rotatable bonds is 2. The van der Waals surface area contributed by atoms with Crippen molar-refractivity contribution in [1.29, 1.82) is 0 Å². The quantitative estimate of drug-likeness (QED) is 0.178. The van der Waals surface area contributed by atoms with E-state index in [4.69, 9.17) is 0 Å². The lowest BCUT2D eigenvalue weighted by molar-refractivity contribution is 0.666. The van der Waals surface area contributed by atoms with Gasteiger partial charge in [-0.1, -0.05) is 135 Å². The van der Waals surface area contributed by atoms with Gasteiger partial charge in [-0.15, -0.1) is 0 Å². The Balaban J connectivity index is 1.21. The van der Waals surface area contributed by atoms with Crippen LogP contribution in [0, 0.1) is 0 Å². The molecular formula is C45H31N. The first kappa shape index (κ1) is 25.6. The van der Waals surface area contributed by atoms with Crippen LogP contribution in [-0.4, -0.2) is 4.57 Å². The summed E-state index contributed by atoms with van der Waals surface area (Å²) in [4.78, 5) is 0. The summed E-state index contributed by atoms with van der Waals surface area (Å²) in [6.45, 7) is 4.77. The first-order valence-corrected chi connectivity index (χ1v) is 16.2. The van der Waals surface area contributed by atoms with Gasteiger partial charge in [-0.25, -0.2) is 0 Å². The third-order valence-electron chi connectivity index (χ3n) is 10.5. The Hall–Kier alpha value is -5.66. The van der Waals surface area contributed by atoms with Gasteiger partial charge in [-0.2, -0.15) is 0 Å². The number of hydrogen-bond acceptors (Lipinski definition) is 0. The molecule has 10 rings (SSSR count). The summed E-state index contributed by atoms with van der Waals surface area (Å²) < 4.78 is 2.47. The highest BCUT2D eigenvalue weighted by atomic mass is 15.0. The van der Waals surface area contributed by atoms with Gasteiger partial charge >= 0.3 is 0 Å². The molecule has 1 aliphatic carbocycles. The Bertz CT molecular complexity index is 2690. The van der Waals surface area contributed by atoms with Crippen LogP contribution in [0.3, 0.4) is 0 Å². The van der Waals surface area contributed by atoms with Crippen molar-refractivity contribution in [2.45, 2.75) is 19.3 Å². The maximum absolute atomic E-state index is 2.47. The molecule has 8 aromatic carbocycles. The molecule has 0 fully saturated rings. The first-order valence-electron chi connectivity index (χ1n) is 16.2. The molecule has 1 aliphatic rings. The number of hydrogen-bond donors (Lipinski definition) is 0. The van der Waals surface area contributed by atoms with E-state index in [1.807, 2.05) is 0 Å². The Morgan fingerprint density at radius 1 is 0.413 bits per heavy atom. The van der Waals surface area contributed by atoms with Gasteiger partial charge in [-0.05, 0) is 96.0 Å². The molecule has 0 bridgehead atoms. The van der Waals surface area contributed by atoms with Crippen molar-refractivity contribution >= 4 is 54.1 Å². The molecule has 0 atom stereocenters. The normalized spacial score (nSPS) is 13.6. The summed E-state index contributed by atoms with van der Waals surface area (Å²) >= 11 is 0. The fourth-order valence-electron chi connectivity index (χ4n) is 8.52. The first-order chi connectivity index (χ1) is 22.6. The van der Waals surface area contributed by atoms with Crippen molar-refractivity contribution in [3.63, 3.8) is 0 Å². The number of para-hydroxylation sites is 1. The molecule has 9 aromatic rings. The lowest BCUT2D eigenvalue weighted by atomic mass is 9.80. The van der Waals surface area contributed by atoms with E-state index in [-0.39, 0.29) is 5.41 Å². The highest BCUT2D eigenvalue weighted by molar-refractivity contribution is 6.25. The van der Waals surface area contributed by atoms with E-state index in [9.17, 15) is 0 Å². The number of fused-ring (bicyclic) bond motifs is 13. The summed E-state index contributed by atoms with van der Waals surface area (Å²) in [5.41, 5.74) is 11.6. The molecule has 1 aromatic heterocycles. The van der Waals surface area contributed by atoms with Crippen molar-refractivity contribution in [3.05, 3.63) is 163 Å². The SMILES string of the molecule is CC1(C)c2ccccc2-c2ccc3c(c21)c1ccccc1n3-c1cccc(-c2ccc3c4ccccc4c4ccccc4c3c2)c1. The minimum Gasteiger partial charge on any atom is -0.309 e. The van der Waals surface area contributed by atoms with Gasteiger partial charge in [0, 0.05) is 21.9 Å². The van der Waals surface area contributed by atoms with Gasteiger partial charge in [0.1, 0.15) is 0 Å². The monoisotopic (exact) mass is 585 g/mol. The van der Waals surface area contributed by atoms with Crippen LogP contribution in [0.25, 0.3) is 82.1 Å². The molecule has 0 unspecified atom stereocenters. The molecule has 1 heterocycles. The van der Waals surface area contributed by atoms with Gasteiger partial charge in [0.2, 0.25) is 0 Å². The summed E-state index contributed by atoms with van der Waals surface area (Å²) in [5, 5.41) is 10.5. The van der Waals surface area contributed by atoms with Gasteiger partial charge in [0.05, 0.1) is 11.0 Å². The van der Waals surface area contributed by atoms with E-state index >= 15 is 0 Å². The minimum absolute atomic E-state index is 0.0831. The lowest BCUT2D eigenvalue weighted by Crippen LogP contribution is -2.15. The molecule has 0 N–H and O–H groups in total. The highest BCUT2D eigenvalue weighted by Crippen LogP contribution is 2.53. The van der Waals surface area contributed by atoms with Crippen LogP contribution in [0.2, 0.25) is 0 Å². The fraction of sp³-hybridized carbons (Fsp3) is 0.0667. The Morgan fingerprint density at radius 3 is 1.78 bits per heavy atom. The van der Waals surface area contributed by atoms with Crippen molar-refractivity contribution in [3.8, 4) is 27.9 Å². The molecule has 46 heavy (non-hydrogen) atoms. The van der Waals surface area contributed by atoms with Crippen LogP contribution >= 0.6 is 0 Å².